The van der Waals surface area contributed by atoms with Gasteiger partial charge in [0.15, 0.2) is 0 Å². The van der Waals surface area contributed by atoms with Crippen molar-refractivity contribution < 1.29 is 19.8 Å². The molecule has 1 aliphatic rings. The molecule has 92 valence electrons. The van der Waals surface area contributed by atoms with Crippen molar-refractivity contribution in [1.82, 2.24) is 4.90 Å². The van der Waals surface area contributed by atoms with Crippen LogP contribution in [-0.2, 0) is 4.79 Å². The lowest BCUT2D eigenvalue weighted by atomic mass is 10.2. The van der Waals surface area contributed by atoms with Crippen LogP contribution in [0.3, 0.4) is 0 Å². The van der Waals surface area contributed by atoms with Gasteiger partial charge in [-0.05, 0) is 27.4 Å². The number of rotatable bonds is 2. The first kappa shape index (κ1) is 12.5. The summed E-state index contributed by atoms with van der Waals surface area (Å²) in [4.78, 5) is 24.8. The number of carbonyl (C=O) groups is 2. The van der Waals surface area contributed by atoms with Crippen LogP contribution in [0.25, 0.3) is 0 Å². The van der Waals surface area contributed by atoms with Gasteiger partial charge in [-0.15, -0.1) is 11.3 Å². The van der Waals surface area contributed by atoms with Gasteiger partial charge >= 0.3 is 5.97 Å². The molecule has 0 radical (unpaired) electrons. The number of thiophene rings is 1. The summed E-state index contributed by atoms with van der Waals surface area (Å²) in [5.74, 6) is -1.43. The molecule has 2 atom stereocenters. The third-order valence-corrected chi connectivity index (χ3v) is 4.46. The summed E-state index contributed by atoms with van der Waals surface area (Å²) in [6.07, 6.45) is -0.678. The van der Waals surface area contributed by atoms with Crippen LogP contribution >= 0.6 is 27.3 Å². The lowest BCUT2D eigenvalue weighted by Gasteiger charge is -2.20. The Morgan fingerprint density at radius 1 is 1.53 bits per heavy atom. The minimum absolute atomic E-state index is 0.0696. The lowest BCUT2D eigenvalue weighted by Crippen LogP contribution is -2.40. The van der Waals surface area contributed by atoms with Crippen molar-refractivity contribution >= 4 is 39.1 Å². The second kappa shape index (κ2) is 4.75. The van der Waals surface area contributed by atoms with Crippen LogP contribution in [0.4, 0.5) is 0 Å². The predicted molar refractivity (Wildman–Crippen MR) is 65.1 cm³/mol. The summed E-state index contributed by atoms with van der Waals surface area (Å²) in [7, 11) is 0. The van der Waals surface area contributed by atoms with E-state index in [2.05, 4.69) is 15.9 Å². The molecule has 2 heterocycles. The molecule has 0 unspecified atom stereocenters. The predicted octanol–water partition coefficient (Wildman–Crippen LogP) is 1.17. The molecule has 1 aliphatic heterocycles. The molecule has 2 N–H and O–H groups in total. The van der Waals surface area contributed by atoms with E-state index in [1.165, 1.54) is 16.2 Å². The van der Waals surface area contributed by atoms with E-state index >= 15 is 0 Å². The summed E-state index contributed by atoms with van der Waals surface area (Å²) in [6.45, 7) is 0.0696. The fourth-order valence-electron chi connectivity index (χ4n) is 1.85. The van der Waals surface area contributed by atoms with E-state index in [9.17, 15) is 14.7 Å². The van der Waals surface area contributed by atoms with Crippen LogP contribution in [0.2, 0.25) is 0 Å². The highest BCUT2D eigenvalue weighted by atomic mass is 79.9. The van der Waals surface area contributed by atoms with Gasteiger partial charge < -0.3 is 15.1 Å². The Morgan fingerprint density at radius 2 is 2.24 bits per heavy atom. The number of hydrogen-bond acceptors (Lipinski definition) is 4. The molecule has 1 aromatic rings. The van der Waals surface area contributed by atoms with Gasteiger partial charge in [-0.2, -0.15) is 0 Å². The van der Waals surface area contributed by atoms with E-state index in [0.29, 0.717) is 9.35 Å². The van der Waals surface area contributed by atoms with Crippen LogP contribution in [0, 0.1) is 0 Å². The van der Waals surface area contributed by atoms with Gasteiger partial charge in [0.1, 0.15) is 10.9 Å². The van der Waals surface area contributed by atoms with Gasteiger partial charge in [-0.1, -0.05) is 0 Å². The number of likely N-dealkylation sites (tertiary alicyclic amines) is 1. The quantitative estimate of drug-likeness (QED) is 0.857. The average molecular weight is 320 g/mol. The Labute approximate surface area is 110 Å². The zero-order valence-electron chi connectivity index (χ0n) is 8.67. The molecule has 0 bridgehead atoms. The highest BCUT2D eigenvalue weighted by Gasteiger charge is 2.39. The molecule has 2 rings (SSSR count). The molecule has 0 saturated carbocycles. The van der Waals surface area contributed by atoms with Gasteiger partial charge in [0, 0.05) is 17.4 Å². The van der Waals surface area contributed by atoms with Crippen LogP contribution < -0.4 is 0 Å². The number of aliphatic hydroxyl groups is 1. The molecular weight excluding hydrogens is 310 g/mol. The number of nitrogens with zero attached hydrogens (tertiary/aromatic N) is 1. The number of aliphatic hydroxyl groups excluding tert-OH is 1. The maximum absolute atomic E-state index is 12.1. The summed E-state index contributed by atoms with van der Waals surface area (Å²) in [6, 6.07) is 0.798. The van der Waals surface area contributed by atoms with Crippen LogP contribution in [-0.4, -0.2) is 45.7 Å². The average Bonchev–Trinajstić information content (AvgIpc) is 2.83. The first-order chi connectivity index (χ1) is 8.00. The van der Waals surface area contributed by atoms with Crippen molar-refractivity contribution in [2.45, 2.75) is 18.6 Å². The number of halogens is 1. The van der Waals surface area contributed by atoms with E-state index in [4.69, 9.17) is 5.11 Å². The Hall–Kier alpha value is -0.920. The summed E-state index contributed by atoms with van der Waals surface area (Å²) in [5, 5.41) is 20.2. The summed E-state index contributed by atoms with van der Waals surface area (Å²) < 4.78 is 0.651. The van der Waals surface area contributed by atoms with Crippen LogP contribution in [0.5, 0.6) is 0 Å². The number of hydrogen-bond donors (Lipinski definition) is 2. The van der Waals surface area contributed by atoms with Gasteiger partial charge in [0.2, 0.25) is 0 Å². The van der Waals surface area contributed by atoms with Crippen molar-refractivity contribution in [3.63, 3.8) is 0 Å². The normalized spacial score (nSPS) is 24.0. The van der Waals surface area contributed by atoms with Crippen LogP contribution in [0.15, 0.2) is 15.9 Å². The van der Waals surface area contributed by atoms with E-state index in [1.54, 1.807) is 11.4 Å². The number of aliphatic carboxylic acids is 1. The maximum Gasteiger partial charge on any atom is 0.326 e. The first-order valence-electron chi connectivity index (χ1n) is 4.95. The second-order valence-corrected chi connectivity index (χ2v) is 5.57. The summed E-state index contributed by atoms with van der Waals surface area (Å²) >= 11 is 4.49. The number of carbonyl (C=O) groups excluding carboxylic acids is 1. The molecule has 5 nitrogen and oxygen atoms in total. The lowest BCUT2D eigenvalue weighted by molar-refractivity contribution is -0.141. The molecular formula is C10H10BrNO4S. The van der Waals surface area contributed by atoms with Crippen molar-refractivity contribution in [2.75, 3.05) is 6.54 Å². The minimum Gasteiger partial charge on any atom is -0.480 e. The molecule has 0 spiro atoms. The largest absolute Gasteiger partial charge is 0.480 e. The van der Waals surface area contributed by atoms with E-state index in [1.807, 2.05) is 0 Å². The van der Waals surface area contributed by atoms with Gasteiger partial charge in [0.05, 0.1) is 6.10 Å². The zero-order valence-corrected chi connectivity index (χ0v) is 11.1. The topological polar surface area (TPSA) is 77.8 Å². The van der Waals surface area contributed by atoms with Crippen molar-refractivity contribution in [3.05, 3.63) is 20.8 Å². The fourth-order valence-corrected chi connectivity index (χ4v) is 3.35. The van der Waals surface area contributed by atoms with Gasteiger partial charge in [-0.25, -0.2) is 4.79 Å². The SMILES string of the molecule is O=C(O)[C@@H]1C[C@@H](O)CN1C(=O)c1sccc1Br. The maximum atomic E-state index is 12.1. The van der Waals surface area contributed by atoms with E-state index < -0.39 is 18.1 Å². The van der Waals surface area contributed by atoms with Gasteiger partial charge in [0.25, 0.3) is 5.91 Å². The third kappa shape index (κ3) is 2.36. The number of carboxylic acids is 1. The highest BCUT2D eigenvalue weighted by Crippen LogP contribution is 2.28. The number of carboxylic acid groups (broad SMARTS) is 1. The van der Waals surface area contributed by atoms with Crippen molar-refractivity contribution in [1.29, 1.82) is 0 Å². The minimum atomic E-state index is -1.08. The van der Waals surface area contributed by atoms with Crippen molar-refractivity contribution in [2.24, 2.45) is 0 Å². The van der Waals surface area contributed by atoms with E-state index in [-0.39, 0.29) is 18.9 Å². The molecule has 7 heteroatoms. The monoisotopic (exact) mass is 319 g/mol. The molecule has 1 saturated heterocycles. The van der Waals surface area contributed by atoms with Gasteiger partial charge in [-0.3, -0.25) is 4.79 Å². The molecule has 1 aromatic heterocycles. The molecule has 1 fully saturated rings. The van der Waals surface area contributed by atoms with E-state index in [0.717, 1.165) is 0 Å². The zero-order chi connectivity index (χ0) is 12.6. The Morgan fingerprint density at radius 3 is 2.76 bits per heavy atom. The second-order valence-electron chi connectivity index (χ2n) is 3.80. The fraction of sp³-hybridized carbons (Fsp3) is 0.400. The number of amides is 1. The Kier molecular flexibility index (Phi) is 3.50. The highest BCUT2D eigenvalue weighted by molar-refractivity contribution is 9.10. The third-order valence-electron chi connectivity index (χ3n) is 2.64. The smallest absolute Gasteiger partial charge is 0.326 e. The molecule has 17 heavy (non-hydrogen) atoms. The molecule has 1 amide bonds. The Balaban J connectivity index is 2.25. The first-order valence-corrected chi connectivity index (χ1v) is 6.62. The van der Waals surface area contributed by atoms with Crippen molar-refractivity contribution in [3.8, 4) is 0 Å². The Bertz CT molecular complexity index is 461. The molecule has 0 aromatic carbocycles. The summed E-state index contributed by atoms with van der Waals surface area (Å²) in [5.41, 5.74) is 0. The van der Waals surface area contributed by atoms with Crippen LogP contribution in [0.1, 0.15) is 16.1 Å². The standard InChI is InChI=1S/C10H10BrNO4S/c11-6-1-2-17-8(6)9(14)12-4-5(13)3-7(12)10(15)16/h1-2,5,7,13H,3-4H2,(H,15,16)/t5-,7+/m1/s1. The number of β-amino-alcohol motifs (C(OH)–C–C–N with tert-alkyl or cyclic N) is 1. The molecule has 0 aliphatic carbocycles.